The van der Waals surface area contributed by atoms with Crippen LogP contribution in [0.15, 0.2) is 18.7 Å². The zero-order valence-electron chi connectivity index (χ0n) is 10.9. The summed E-state index contributed by atoms with van der Waals surface area (Å²) in [5, 5.41) is 3.40. The van der Waals surface area contributed by atoms with E-state index >= 15 is 0 Å². The van der Waals surface area contributed by atoms with Gasteiger partial charge in [0.2, 0.25) is 0 Å². The molecule has 0 atom stereocenters. The fourth-order valence-corrected chi connectivity index (χ4v) is 2.68. The summed E-state index contributed by atoms with van der Waals surface area (Å²) in [4.78, 5) is 0. The van der Waals surface area contributed by atoms with E-state index in [0.717, 1.165) is 37.8 Å². The molecule has 96 valence electrons. The number of hydrogen-bond donors (Lipinski definition) is 1. The molecule has 0 amide bonds. The molecule has 1 heterocycles. The van der Waals surface area contributed by atoms with Crippen molar-refractivity contribution in [3.8, 4) is 5.75 Å². The van der Waals surface area contributed by atoms with Crippen LogP contribution in [-0.4, -0.2) is 13.2 Å². The van der Waals surface area contributed by atoms with Gasteiger partial charge in [-0.3, -0.25) is 0 Å². The number of ether oxygens (including phenoxy) is 1. The molecule has 3 rings (SSSR count). The molecule has 0 bridgehead atoms. The van der Waals surface area contributed by atoms with Crippen LogP contribution in [0.1, 0.15) is 36.0 Å². The molecule has 1 fully saturated rings. The maximum Gasteiger partial charge on any atom is 0.126 e. The predicted molar refractivity (Wildman–Crippen MR) is 74.8 cm³/mol. The predicted octanol–water partition coefficient (Wildman–Crippen LogP) is 3.15. The Balaban J connectivity index is 1.77. The van der Waals surface area contributed by atoms with Crippen LogP contribution in [0.5, 0.6) is 5.75 Å². The van der Waals surface area contributed by atoms with Crippen molar-refractivity contribution in [2.24, 2.45) is 5.92 Å². The molecule has 0 saturated heterocycles. The van der Waals surface area contributed by atoms with E-state index in [2.05, 4.69) is 24.0 Å². The molecule has 2 heteroatoms. The van der Waals surface area contributed by atoms with Crippen molar-refractivity contribution in [3.05, 3.63) is 35.4 Å². The van der Waals surface area contributed by atoms with Gasteiger partial charge in [0.15, 0.2) is 0 Å². The van der Waals surface area contributed by atoms with E-state index in [4.69, 9.17) is 4.74 Å². The van der Waals surface area contributed by atoms with Gasteiger partial charge in [0.25, 0.3) is 0 Å². The summed E-state index contributed by atoms with van der Waals surface area (Å²) < 4.78 is 5.95. The van der Waals surface area contributed by atoms with E-state index in [9.17, 15) is 0 Å². The van der Waals surface area contributed by atoms with Gasteiger partial charge in [0.05, 0.1) is 6.61 Å². The topological polar surface area (TPSA) is 21.3 Å². The van der Waals surface area contributed by atoms with Crippen molar-refractivity contribution in [3.63, 3.8) is 0 Å². The lowest BCUT2D eigenvalue weighted by molar-refractivity contribution is 0.301. The fraction of sp³-hybridized carbons (Fsp3) is 0.500. The highest BCUT2D eigenvalue weighted by Crippen LogP contribution is 2.33. The average molecular weight is 243 g/mol. The fourth-order valence-electron chi connectivity index (χ4n) is 2.68. The van der Waals surface area contributed by atoms with E-state index in [-0.39, 0.29) is 0 Å². The Kier molecular flexibility index (Phi) is 3.37. The Labute approximate surface area is 109 Å². The summed E-state index contributed by atoms with van der Waals surface area (Å²) in [6, 6.07) is 4.30. The first kappa shape index (κ1) is 11.8. The minimum Gasteiger partial charge on any atom is -0.493 e. The molecule has 2 aliphatic rings. The number of fused-ring (bicyclic) bond motifs is 1. The molecule has 2 nitrogen and oxygen atoms in total. The summed E-state index contributed by atoms with van der Waals surface area (Å²) in [7, 11) is 0. The zero-order valence-corrected chi connectivity index (χ0v) is 10.9. The van der Waals surface area contributed by atoms with Gasteiger partial charge in [-0.15, -0.1) is 0 Å². The number of rotatable bonds is 5. The molecular formula is C16H21NO. The lowest BCUT2D eigenvalue weighted by atomic mass is 9.94. The SMILES string of the molecule is C=Cc1c(OCCC2CC2)ccc2c1CCNC2. The van der Waals surface area contributed by atoms with Crippen LogP contribution in [0.2, 0.25) is 0 Å². The minimum absolute atomic E-state index is 0.850. The molecule has 0 spiro atoms. The highest BCUT2D eigenvalue weighted by molar-refractivity contribution is 5.62. The van der Waals surface area contributed by atoms with Crippen LogP contribution in [0.3, 0.4) is 0 Å². The highest BCUT2D eigenvalue weighted by atomic mass is 16.5. The van der Waals surface area contributed by atoms with E-state index in [1.165, 1.54) is 36.0 Å². The molecule has 1 aromatic carbocycles. The van der Waals surface area contributed by atoms with Gasteiger partial charge in [-0.1, -0.05) is 31.6 Å². The summed E-state index contributed by atoms with van der Waals surface area (Å²) in [5.74, 6) is 1.95. The minimum atomic E-state index is 0.850. The van der Waals surface area contributed by atoms with Crippen LogP contribution in [0.25, 0.3) is 6.08 Å². The lowest BCUT2D eigenvalue weighted by Gasteiger charge is -2.21. The maximum atomic E-state index is 5.95. The van der Waals surface area contributed by atoms with E-state index in [0.29, 0.717) is 0 Å². The second-order valence-electron chi connectivity index (χ2n) is 5.33. The molecule has 18 heavy (non-hydrogen) atoms. The van der Waals surface area contributed by atoms with Gasteiger partial charge < -0.3 is 10.1 Å². The monoisotopic (exact) mass is 243 g/mol. The quantitative estimate of drug-likeness (QED) is 0.857. The standard InChI is InChI=1S/C16H21NO/c1-2-14-15-7-9-17-11-13(15)5-6-16(14)18-10-8-12-3-4-12/h2,5-6,12,17H,1,3-4,7-11H2. The second kappa shape index (κ2) is 5.15. The van der Waals surface area contributed by atoms with Crippen LogP contribution >= 0.6 is 0 Å². The van der Waals surface area contributed by atoms with Gasteiger partial charge in [-0.05, 0) is 42.5 Å². The van der Waals surface area contributed by atoms with Crippen molar-refractivity contribution in [1.82, 2.24) is 5.32 Å². The summed E-state index contributed by atoms with van der Waals surface area (Å²) in [6.07, 6.45) is 7.03. The number of benzene rings is 1. The van der Waals surface area contributed by atoms with Crippen LogP contribution in [0, 0.1) is 5.92 Å². The molecule has 0 aromatic heterocycles. The summed E-state index contributed by atoms with van der Waals surface area (Å²) in [6.45, 7) is 6.83. The molecular weight excluding hydrogens is 222 g/mol. The third-order valence-electron chi connectivity index (χ3n) is 3.97. The third kappa shape index (κ3) is 2.44. The molecule has 0 unspecified atom stereocenters. The highest BCUT2D eigenvalue weighted by Gasteiger charge is 2.21. The Morgan fingerprint density at radius 1 is 1.39 bits per heavy atom. The smallest absolute Gasteiger partial charge is 0.126 e. The van der Waals surface area contributed by atoms with Crippen molar-refractivity contribution >= 4 is 6.08 Å². The molecule has 1 aromatic rings. The molecule has 1 N–H and O–H groups in total. The van der Waals surface area contributed by atoms with Crippen molar-refractivity contribution in [2.75, 3.05) is 13.2 Å². The van der Waals surface area contributed by atoms with Crippen LogP contribution in [0.4, 0.5) is 0 Å². The molecule has 0 radical (unpaired) electrons. The van der Waals surface area contributed by atoms with Crippen molar-refractivity contribution < 1.29 is 4.74 Å². The van der Waals surface area contributed by atoms with Gasteiger partial charge in [-0.25, -0.2) is 0 Å². The summed E-state index contributed by atoms with van der Waals surface area (Å²) >= 11 is 0. The van der Waals surface area contributed by atoms with Gasteiger partial charge in [-0.2, -0.15) is 0 Å². The maximum absolute atomic E-state index is 5.95. The molecule has 1 saturated carbocycles. The summed E-state index contributed by atoms with van der Waals surface area (Å²) in [5.41, 5.74) is 4.03. The molecule has 1 aliphatic carbocycles. The Bertz CT molecular complexity index is 449. The lowest BCUT2D eigenvalue weighted by Crippen LogP contribution is -2.24. The Morgan fingerprint density at radius 3 is 3.06 bits per heavy atom. The number of nitrogens with one attached hydrogen (secondary N) is 1. The van der Waals surface area contributed by atoms with Gasteiger partial charge >= 0.3 is 0 Å². The Hall–Kier alpha value is -1.28. The van der Waals surface area contributed by atoms with Gasteiger partial charge in [0, 0.05) is 12.1 Å². The first-order chi connectivity index (χ1) is 8.88. The zero-order chi connectivity index (χ0) is 12.4. The first-order valence-electron chi connectivity index (χ1n) is 6.99. The normalized spacial score (nSPS) is 18.2. The van der Waals surface area contributed by atoms with Crippen LogP contribution in [-0.2, 0) is 13.0 Å². The largest absolute Gasteiger partial charge is 0.493 e. The number of hydrogen-bond acceptors (Lipinski definition) is 2. The average Bonchev–Trinajstić information content (AvgIpc) is 3.22. The van der Waals surface area contributed by atoms with Crippen molar-refractivity contribution in [1.29, 1.82) is 0 Å². The van der Waals surface area contributed by atoms with Gasteiger partial charge in [0.1, 0.15) is 5.75 Å². The van der Waals surface area contributed by atoms with Crippen molar-refractivity contribution in [2.45, 2.75) is 32.2 Å². The van der Waals surface area contributed by atoms with E-state index < -0.39 is 0 Å². The van der Waals surface area contributed by atoms with E-state index in [1.807, 2.05) is 6.08 Å². The second-order valence-corrected chi connectivity index (χ2v) is 5.33. The third-order valence-corrected chi connectivity index (χ3v) is 3.97. The van der Waals surface area contributed by atoms with Crippen LogP contribution < -0.4 is 10.1 Å². The molecule has 1 aliphatic heterocycles. The van der Waals surface area contributed by atoms with E-state index in [1.54, 1.807) is 0 Å². The Morgan fingerprint density at radius 2 is 2.28 bits per heavy atom. The first-order valence-corrected chi connectivity index (χ1v) is 6.99.